The van der Waals surface area contributed by atoms with Gasteiger partial charge in [-0.15, -0.1) is 0 Å². The number of methoxy groups -OCH3 is 1. The third kappa shape index (κ3) is 2.38. The topological polar surface area (TPSA) is 51.0 Å². The summed E-state index contributed by atoms with van der Waals surface area (Å²) in [4.78, 5) is 4.52. The lowest BCUT2D eigenvalue weighted by Crippen LogP contribution is -1.89. The lowest BCUT2D eigenvalue weighted by Gasteiger charge is -2.06. The first-order valence-electron chi connectivity index (χ1n) is 3.82. The Morgan fingerprint density at radius 2 is 2.14 bits per heavy atom. The van der Waals surface area contributed by atoms with E-state index < -0.39 is 0 Å². The highest BCUT2D eigenvalue weighted by molar-refractivity contribution is 9.10. The highest BCUT2D eigenvalue weighted by Gasteiger charge is 2.07. The molecule has 0 saturated heterocycles. The molecule has 1 N–H and O–H groups in total. The third-order valence-electron chi connectivity index (χ3n) is 1.59. The zero-order chi connectivity index (χ0) is 10.6. The van der Waals surface area contributed by atoms with Gasteiger partial charge < -0.3 is 14.7 Å². The van der Waals surface area contributed by atoms with Gasteiger partial charge in [-0.1, -0.05) is 21.1 Å². The number of phenolic OH excluding ortho intramolecular Hbond substituents is 1. The number of benzene rings is 1. The van der Waals surface area contributed by atoms with Crippen molar-refractivity contribution in [3.05, 3.63) is 22.2 Å². The molecule has 0 atom stereocenters. The predicted octanol–water partition coefficient (Wildman–Crippen LogP) is 2.14. The fourth-order valence-corrected chi connectivity index (χ4v) is 1.41. The maximum Gasteiger partial charge on any atom is 0.166 e. The Kier molecular flexibility index (Phi) is 3.76. The molecule has 0 fully saturated rings. The molecule has 0 aliphatic rings. The molecule has 1 aromatic carbocycles. The number of nitrogens with zero attached hydrogens (tertiary/aromatic N) is 1. The van der Waals surface area contributed by atoms with E-state index in [0.29, 0.717) is 11.3 Å². The van der Waals surface area contributed by atoms with Gasteiger partial charge in [-0.25, -0.2) is 0 Å². The minimum Gasteiger partial charge on any atom is -0.504 e. The number of rotatable bonds is 3. The number of halogens is 1. The molecule has 0 spiro atoms. The van der Waals surface area contributed by atoms with E-state index in [1.165, 1.54) is 20.4 Å². The standard InChI is InChI=1S/C9H10BrNO3/c1-13-8-4-7(10)3-6(9(8)12)5-11-14-2/h3-5,12H,1-2H3/b11-5+. The summed E-state index contributed by atoms with van der Waals surface area (Å²) in [6, 6.07) is 3.37. The normalized spacial score (nSPS) is 10.5. The van der Waals surface area contributed by atoms with E-state index in [0.717, 1.165) is 4.47 Å². The van der Waals surface area contributed by atoms with E-state index in [1.54, 1.807) is 12.1 Å². The molecule has 14 heavy (non-hydrogen) atoms. The molecule has 0 bridgehead atoms. The second kappa shape index (κ2) is 4.85. The van der Waals surface area contributed by atoms with Gasteiger partial charge in [0.2, 0.25) is 0 Å². The smallest absolute Gasteiger partial charge is 0.166 e. The number of hydrogen-bond acceptors (Lipinski definition) is 4. The first-order valence-corrected chi connectivity index (χ1v) is 4.61. The minimum atomic E-state index is 0.0384. The van der Waals surface area contributed by atoms with Crippen molar-refractivity contribution in [1.29, 1.82) is 0 Å². The quantitative estimate of drug-likeness (QED) is 0.669. The Balaban J connectivity index is 3.15. The third-order valence-corrected chi connectivity index (χ3v) is 2.04. The van der Waals surface area contributed by atoms with E-state index in [9.17, 15) is 5.11 Å². The van der Waals surface area contributed by atoms with Gasteiger partial charge in [0.25, 0.3) is 0 Å². The highest BCUT2D eigenvalue weighted by atomic mass is 79.9. The van der Waals surface area contributed by atoms with E-state index in [2.05, 4.69) is 25.9 Å². The Bertz CT molecular complexity index is 352. The molecule has 1 rings (SSSR count). The molecule has 0 aliphatic heterocycles. The van der Waals surface area contributed by atoms with E-state index >= 15 is 0 Å². The van der Waals surface area contributed by atoms with Crippen molar-refractivity contribution in [3.8, 4) is 11.5 Å². The number of ether oxygens (including phenoxy) is 1. The van der Waals surface area contributed by atoms with Crippen molar-refractivity contribution < 1.29 is 14.7 Å². The molecule has 0 radical (unpaired) electrons. The molecule has 5 heteroatoms. The summed E-state index contributed by atoms with van der Waals surface area (Å²) in [6.07, 6.45) is 1.41. The monoisotopic (exact) mass is 259 g/mol. The first-order chi connectivity index (χ1) is 6.69. The zero-order valence-corrected chi connectivity index (χ0v) is 9.41. The summed E-state index contributed by atoms with van der Waals surface area (Å²) in [5.74, 6) is 0.424. The van der Waals surface area contributed by atoms with Gasteiger partial charge in [-0.2, -0.15) is 0 Å². The predicted molar refractivity (Wildman–Crippen MR) is 57.0 cm³/mol. The van der Waals surface area contributed by atoms with Crippen LogP contribution in [0.5, 0.6) is 11.5 Å². The molecule has 0 saturated carbocycles. The number of phenols is 1. The van der Waals surface area contributed by atoms with Gasteiger partial charge in [0.15, 0.2) is 11.5 Å². The van der Waals surface area contributed by atoms with Gasteiger partial charge in [0.1, 0.15) is 7.11 Å². The summed E-state index contributed by atoms with van der Waals surface area (Å²) in [7, 11) is 2.92. The Morgan fingerprint density at radius 3 is 2.71 bits per heavy atom. The minimum absolute atomic E-state index is 0.0384. The van der Waals surface area contributed by atoms with Crippen molar-refractivity contribution in [2.24, 2.45) is 5.16 Å². The van der Waals surface area contributed by atoms with Gasteiger partial charge in [-0.3, -0.25) is 0 Å². The molecule has 4 nitrogen and oxygen atoms in total. The van der Waals surface area contributed by atoms with Crippen LogP contribution < -0.4 is 4.74 Å². The van der Waals surface area contributed by atoms with Crippen LogP contribution >= 0.6 is 15.9 Å². The maximum absolute atomic E-state index is 9.65. The lowest BCUT2D eigenvalue weighted by molar-refractivity contribution is 0.215. The van der Waals surface area contributed by atoms with E-state index in [4.69, 9.17) is 4.74 Å². The number of hydrogen-bond donors (Lipinski definition) is 1. The Hall–Kier alpha value is -1.23. The molecular formula is C9H10BrNO3. The van der Waals surface area contributed by atoms with Crippen LogP contribution in [0.25, 0.3) is 0 Å². The average molecular weight is 260 g/mol. The molecular weight excluding hydrogens is 250 g/mol. The average Bonchev–Trinajstić information content (AvgIpc) is 2.18. The largest absolute Gasteiger partial charge is 0.504 e. The molecule has 76 valence electrons. The molecule has 1 aromatic rings. The van der Waals surface area contributed by atoms with Crippen LogP contribution in [0.2, 0.25) is 0 Å². The summed E-state index contributed by atoms with van der Waals surface area (Å²) in [5.41, 5.74) is 0.526. The molecule has 0 aliphatic carbocycles. The number of aromatic hydroxyl groups is 1. The van der Waals surface area contributed by atoms with Crippen LogP contribution in [-0.4, -0.2) is 25.5 Å². The van der Waals surface area contributed by atoms with Gasteiger partial charge in [0.05, 0.1) is 13.3 Å². The van der Waals surface area contributed by atoms with Crippen LogP contribution in [0, 0.1) is 0 Å². The summed E-state index contributed by atoms with van der Waals surface area (Å²) < 4.78 is 5.76. The van der Waals surface area contributed by atoms with Crippen LogP contribution in [0.4, 0.5) is 0 Å². The van der Waals surface area contributed by atoms with E-state index in [-0.39, 0.29) is 5.75 Å². The summed E-state index contributed by atoms with van der Waals surface area (Å²) in [6.45, 7) is 0. The van der Waals surface area contributed by atoms with Crippen molar-refractivity contribution >= 4 is 22.1 Å². The SMILES string of the molecule is CO/N=C/c1cc(Br)cc(OC)c1O. The zero-order valence-electron chi connectivity index (χ0n) is 7.82. The van der Waals surface area contributed by atoms with Crippen molar-refractivity contribution in [2.45, 2.75) is 0 Å². The first kappa shape index (κ1) is 10.8. The van der Waals surface area contributed by atoms with Gasteiger partial charge in [0, 0.05) is 10.0 Å². The molecule has 0 amide bonds. The van der Waals surface area contributed by atoms with E-state index in [1.807, 2.05) is 0 Å². The fraction of sp³-hybridized carbons (Fsp3) is 0.222. The summed E-state index contributed by atoms with van der Waals surface area (Å²) >= 11 is 3.29. The second-order valence-electron chi connectivity index (χ2n) is 2.46. The van der Waals surface area contributed by atoms with Gasteiger partial charge in [-0.05, 0) is 12.1 Å². The fourth-order valence-electron chi connectivity index (χ4n) is 0.958. The number of oxime groups is 1. The molecule has 0 unspecified atom stereocenters. The van der Waals surface area contributed by atoms with Crippen LogP contribution in [0.15, 0.2) is 21.8 Å². The van der Waals surface area contributed by atoms with Crippen molar-refractivity contribution in [1.82, 2.24) is 0 Å². The Morgan fingerprint density at radius 1 is 1.43 bits per heavy atom. The van der Waals surface area contributed by atoms with Crippen LogP contribution in [-0.2, 0) is 4.84 Å². The Labute approximate surface area is 90.3 Å². The lowest BCUT2D eigenvalue weighted by atomic mass is 10.2. The van der Waals surface area contributed by atoms with Crippen molar-refractivity contribution in [2.75, 3.05) is 14.2 Å². The van der Waals surface area contributed by atoms with Crippen LogP contribution in [0.1, 0.15) is 5.56 Å². The summed E-state index contributed by atoms with van der Waals surface area (Å²) in [5, 5.41) is 13.2. The molecule has 0 heterocycles. The molecule has 0 aromatic heterocycles. The highest BCUT2D eigenvalue weighted by Crippen LogP contribution is 2.32. The second-order valence-corrected chi connectivity index (χ2v) is 3.38. The van der Waals surface area contributed by atoms with Crippen molar-refractivity contribution in [3.63, 3.8) is 0 Å². The van der Waals surface area contributed by atoms with Crippen LogP contribution in [0.3, 0.4) is 0 Å². The maximum atomic E-state index is 9.65. The van der Waals surface area contributed by atoms with Gasteiger partial charge >= 0.3 is 0 Å².